The van der Waals surface area contributed by atoms with Crippen LogP contribution in [0.2, 0.25) is 0 Å². The van der Waals surface area contributed by atoms with E-state index >= 15 is 0 Å². The van der Waals surface area contributed by atoms with E-state index in [1.807, 2.05) is 24.4 Å². The summed E-state index contributed by atoms with van der Waals surface area (Å²) in [5.41, 5.74) is 1.08. The molecule has 1 aromatic heterocycles. The minimum absolute atomic E-state index is 1.08. The van der Waals surface area contributed by atoms with Crippen LogP contribution in [0.15, 0.2) is 41.6 Å². The molecule has 3 nitrogen and oxygen atoms in total. The number of thioether (sulfide) groups is 1. The smallest absolute Gasteiger partial charge is 0.0799 e. The first-order valence-corrected chi connectivity index (χ1v) is 5.14. The standard InChI is InChI=1S/C9H9N3S/c1-13-9-5-3-2-4-8(9)12-7-6-10-11-12/h2-7H,1H3. The largest absolute Gasteiger partial charge is 0.220 e. The molecule has 0 aliphatic heterocycles. The monoisotopic (exact) mass is 191 g/mol. The highest BCUT2D eigenvalue weighted by molar-refractivity contribution is 7.98. The maximum absolute atomic E-state index is 3.95. The molecule has 1 aromatic carbocycles. The summed E-state index contributed by atoms with van der Waals surface area (Å²) < 4.78 is 1.77. The highest BCUT2D eigenvalue weighted by atomic mass is 32.2. The summed E-state index contributed by atoms with van der Waals surface area (Å²) >= 11 is 1.71. The molecule has 0 spiro atoms. The van der Waals surface area contributed by atoms with Gasteiger partial charge in [0.05, 0.1) is 18.1 Å². The van der Waals surface area contributed by atoms with E-state index in [0.29, 0.717) is 0 Å². The zero-order valence-corrected chi connectivity index (χ0v) is 8.03. The van der Waals surface area contributed by atoms with Gasteiger partial charge >= 0.3 is 0 Å². The van der Waals surface area contributed by atoms with Crippen LogP contribution in [0, 0.1) is 0 Å². The zero-order chi connectivity index (χ0) is 9.10. The summed E-state index contributed by atoms with van der Waals surface area (Å²) in [6.07, 6.45) is 5.57. The first-order chi connectivity index (χ1) is 6.42. The molecule has 0 radical (unpaired) electrons. The van der Waals surface area contributed by atoms with Crippen molar-refractivity contribution < 1.29 is 0 Å². The van der Waals surface area contributed by atoms with E-state index in [4.69, 9.17) is 0 Å². The normalized spacial score (nSPS) is 10.2. The Balaban J connectivity index is 2.51. The number of benzene rings is 1. The summed E-state index contributed by atoms with van der Waals surface area (Å²) in [4.78, 5) is 1.20. The van der Waals surface area contributed by atoms with Crippen molar-refractivity contribution in [1.29, 1.82) is 0 Å². The number of nitrogens with zero attached hydrogens (tertiary/aromatic N) is 3. The van der Waals surface area contributed by atoms with Crippen LogP contribution in [0.25, 0.3) is 5.69 Å². The van der Waals surface area contributed by atoms with Crippen molar-refractivity contribution in [2.24, 2.45) is 0 Å². The maximum atomic E-state index is 3.95. The fourth-order valence-corrected chi connectivity index (χ4v) is 1.74. The predicted molar refractivity (Wildman–Crippen MR) is 53.1 cm³/mol. The second-order valence-corrected chi connectivity index (χ2v) is 3.37. The highest BCUT2D eigenvalue weighted by Gasteiger charge is 2.01. The summed E-state index contributed by atoms with van der Waals surface area (Å²) in [7, 11) is 0. The molecule has 0 saturated carbocycles. The predicted octanol–water partition coefficient (Wildman–Crippen LogP) is 1.99. The number of hydrogen-bond acceptors (Lipinski definition) is 3. The third-order valence-corrected chi connectivity index (χ3v) is 2.54. The molecule has 1 heterocycles. The molecule has 66 valence electrons. The van der Waals surface area contributed by atoms with E-state index in [0.717, 1.165) is 5.69 Å². The highest BCUT2D eigenvalue weighted by Crippen LogP contribution is 2.22. The Morgan fingerprint density at radius 1 is 1.31 bits per heavy atom. The third-order valence-electron chi connectivity index (χ3n) is 1.75. The Hall–Kier alpha value is -1.29. The van der Waals surface area contributed by atoms with Crippen molar-refractivity contribution in [3.05, 3.63) is 36.7 Å². The van der Waals surface area contributed by atoms with Gasteiger partial charge in [-0.1, -0.05) is 17.3 Å². The molecule has 0 aliphatic rings. The summed E-state index contributed by atoms with van der Waals surface area (Å²) in [5, 5.41) is 7.73. The van der Waals surface area contributed by atoms with Crippen LogP contribution in [-0.2, 0) is 0 Å². The quantitative estimate of drug-likeness (QED) is 0.680. The number of hydrogen-bond donors (Lipinski definition) is 0. The maximum Gasteiger partial charge on any atom is 0.0799 e. The average Bonchev–Trinajstić information content (AvgIpc) is 2.70. The lowest BCUT2D eigenvalue weighted by Gasteiger charge is -2.04. The molecule has 2 aromatic rings. The summed E-state index contributed by atoms with van der Waals surface area (Å²) in [6, 6.07) is 8.12. The van der Waals surface area contributed by atoms with Gasteiger partial charge in [-0.3, -0.25) is 0 Å². The number of aromatic nitrogens is 3. The molecule has 0 amide bonds. The van der Waals surface area contributed by atoms with E-state index < -0.39 is 0 Å². The van der Waals surface area contributed by atoms with E-state index in [9.17, 15) is 0 Å². The first kappa shape index (κ1) is 8.31. The minimum atomic E-state index is 1.08. The second kappa shape index (κ2) is 3.62. The molecule has 4 heteroatoms. The third kappa shape index (κ3) is 1.58. The molecular weight excluding hydrogens is 182 g/mol. The first-order valence-electron chi connectivity index (χ1n) is 3.91. The Morgan fingerprint density at radius 2 is 2.15 bits per heavy atom. The lowest BCUT2D eigenvalue weighted by Crippen LogP contribution is -1.96. The van der Waals surface area contributed by atoms with Crippen LogP contribution in [-0.4, -0.2) is 21.2 Å². The summed E-state index contributed by atoms with van der Waals surface area (Å²) in [6.45, 7) is 0. The molecule has 0 aliphatic carbocycles. The Labute approximate surface area is 80.8 Å². The van der Waals surface area contributed by atoms with Crippen LogP contribution in [0.5, 0.6) is 0 Å². The van der Waals surface area contributed by atoms with Crippen molar-refractivity contribution in [2.45, 2.75) is 4.90 Å². The lowest BCUT2D eigenvalue weighted by molar-refractivity contribution is 0.791. The van der Waals surface area contributed by atoms with Gasteiger partial charge < -0.3 is 0 Å². The second-order valence-electron chi connectivity index (χ2n) is 2.52. The van der Waals surface area contributed by atoms with Crippen LogP contribution < -0.4 is 0 Å². The van der Waals surface area contributed by atoms with E-state index in [-0.39, 0.29) is 0 Å². The van der Waals surface area contributed by atoms with Crippen LogP contribution >= 0.6 is 11.8 Å². The van der Waals surface area contributed by atoms with E-state index in [1.54, 1.807) is 22.6 Å². The molecule has 0 bridgehead atoms. The molecule has 0 fully saturated rings. The molecule has 0 atom stereocenters. The van der Waals surface area contributed by atoms with Crippen molar-refractivity contribution in [2.75, 3.05) is 6.26 Å². The Kier molecular flexibility index (Phi) is 2.31. The van der Waals surface area contributed by atoms with Crippen LogP contribution in [0.1, 0.15) is 0 Å². The molecule has 0 saturated heterocycles. The van der Waals surface area contributed by atoms with Gasteiger partial charge in [-0.15, -0.1) is 16.9 Å². The van der Waals surface area contributed by atoms with Crippen molar-refractivity contribution >= 4 is 11.8 Å². The van der Waals surface area contributed by atoms with Gasteiger partial charge in [-0.2, -0.15) is 0 Å². The Morgan fingerprint density at radius 3 is 2.85 bits per heavy atom. The van der Waals surface area contributed by atoms with Crippen molar-refractivity contribution in [3.8, 4) is 5.69 Å². The van der Waals surface area contributed by atoms with Gasteiger partial charge in [0.15, 0.2) is 0 Å². The molecular formula is C9H9N3S. The van der Waals surface area contributed by atoms with Gasteiger partial charge in [-0.05, 0) is 18.4 Å². The molecule has 2 rings (SSSR count). The van der Waals surface area contributed by atoms with Crippen LogP contribution in [0.4, 0.5) is 0 Å². The number of para-hydroxylation sites is 1. The van der Waals surface area contributed by atoms with Crippen molar-refractivity contribution in [1.82, 2.24) is 15.0 Å². The minimum Gasteiger partial charge on any atom is -0.220 e. The lowest BCUT2D eigenvalue weighted by atomic mass is 10.3. The van der Waals surface area contributed by atoms with Gasteiger partial charge in [0, 0.05) is 4.90 Å². The zero-order valence-electron chi connectivity index (χ0n) is 7.21. The van der Waals surface area contributed by atoms with E-state index in [2.05, 4.69) is 22.6 Å². The van der Waals surface area contributed by atoms with Gasteiger partial charge in [0.2, 0.25) is 0 Å². The van der Waals surface area contributed by atoms with E-state index in [1.165, 1.54) is 4.90 Å². The SMILES string of the molecule is CSc1ccccc1-n1ccnn1. The van der Waals surface area contributed by atoms with Gasteiger partial charge in [0.1, 0.15) is 0 Å². The fourth-order valence-electron chi connectivity index (χ4n) is 1.16. The summed E-state index contributed by atoms with van der Waals surface area (Å²) in [5.74, 6) is 0. The van der Waals surface area contributed by atoms with Crippen LogP contribution in [0.3, 0.4) is 0 Å². The molecule has 0 unspecified atom stereocenters. The average molecular weight is 191 g/mol. The molecule has 13 heavy (non-hydrogen) atoms. The van der Waals surface area contributed by atoms with Crippen molar-refractivity contribution in [3.63, 3.8) is 0 Å². The van der Waals surface area contributed by atoms with Gasteiger partial charge in [0.25, 0.3) is 0 Å². The van der Waals surface area contributed by atoms with Gasteiger partial charge in [-0.25, -0.2) is 4.68 Å². The Bertz CT molecular complexity index is 384. The molecule has 0 N–H and O–H groups in total. The fraction of sp³-hybridized carbons (Fsp3) is 0.111. The number of rotatable bonds is 2. The topological polar surface area (TPSA) is 30.7 Å².